The van der Waals surface area contributed by atoms with Gasteiger partial charge in [0, 0.05) is 10.4 Å². The van der Waals surface area contributed by atoms with E-state index in [1.807, 2.05) is 0 Å². The van der Waals surface area contributed by atoms with Crippen LogP contribution in [0.3, 0.4) is 0 Å². The minimum Gasteiger partial charge on any atom is -0.759 e. The Hall–Kier alpha value is 1.50. The monoisotopic (exact) mass is 353 g/mol. The maximum Gasteiger partial charge on any atom is 2.00 e. The van der Waals surface area contributed by atoms with Crippen molar-refractivity contribution >= 4 is 41.3 Å². The van der Waals surface area contributed by atoms with Gasteiger partial charge in [-0.05, 0) is 0 Å². The number of phosphoric acid groups is 1. The molecule has 0 aliphatic rings. The van der Waals surface area contributed by atoms with Gasteiger partial charge in [-0.1, -0.05) is 0 Å². The Bertz CT molecular complexity index is 277. The molecule has 9 N–H and O–H groups in total. The Balaban J connectivity index is -0.0000000183. The maximum absolute atomic E-state index is 8.88. The van der Waals surface area contributed by atoms with E-state index in [9.17, 15) is 0 Å². The predicted octanol–water partition coefficient (Wildman–Crippen LogP) is -5.56. The van der Waals surface area contributed by atoms with Gasteiger partial charge in [-0.25, -0.2) is 4.57 Å². The molecule has 0 aromatic heterocycles. The van der Waals surface area contributed by atoms with Crippen molar-refractivity contribution in [2.45, 2.75) is 0 Å². The summed E-state index contributed by atoms with van der Waals surface area (Å²) in [6.07, 6.45) is 0. The summed E-state index contributed by atoms with van der Waals surface area (Å²) >= 11 is 0. The number of hydrogen-bond acceptors (Lipinski definition) is 10. The van der Waals surface area contributed by atoms with E-state index in [-0.39, 0.29) is 86.7 Å². The molecule has 14 nitrogen and oxygen atoms in total. The van der Waals surface area contributed by atoms with Crippen molar-refractivity contribution in [2.24, 2.45) is 0 Å². The maximum atomic E-state index is 8.88. The van der Waals surface area contributed by atoms with E-state index < -0.39 is 23.3 Å². The van der Waals surface area contributed by atoms with E-state index >= 15 is 0 Å². The minimum absolute atomic E-state index is 0. The smallest absolute Gasteiger partial charge is 0.759 e. The van der Waals surface area contributed by atoms with E-state index in [0.717, 1.165) is 0 Å². The largest absolute Gasteiger partial charge is 2.00 e. The van der Waals surface area contributed by atoms with Crippen molar-refractivity contribution in [3.8, 4) is 0 Å². The zero-order valence-electron chi connectivity index (χ0n) is 9.03. The van der Waals surface area contributed by atoms with Crippen molar-refractivity contribution in [1.29, 1.82) is 0 Å². The second-order valence-electron chi connectivity index (χ2n) is 1.15. The molecule has 0 aromatic rings. The molecule has 0 bridgehead atoms. The first-order valence-electron chi connectivity index (χ1n) is 2.00. The Morgan fingerprint density at radius 3 is 1.00 bits per heavy atom. The molecule has 0 spiro atoms. The molecular weight excluding hydrogens is 344 g/mol. The third kappa shape index (κ3) is 2110. The predicted molar refractivity (Wildman–Crippen MR) is 50.9 cm³/mol. The summed E-state index contributed by atoms with van der Waals surface area (Å²) in [6, 6.07) is 0. The fourth-order valence-corrected chi connectivity index (χ4v) is 0. The second-order valence-corrected chi connectivity index (χ2v) is 2.99. The van der Waals surface area contributed by atoms with Gasteiger partial charge in [-0.2, -0.15) is 0 Å². The summed E-state index contributed by atoms with van der Waals surface area (Å²) < 4.78 is 43.0. The summed E-state index contributed by atoms with van der Waals surface area (Å²) in [5.41, 5.74) is 0. The first kappa shape index (κ1) is 42.7. The van der Waals surface area contributed by atoms with E-state index in [1.165, 1.54) is 0 Å². The Morgan fingerprint density at radius 1 is 1.00 bits per heavy atom. The summed E-state index contributed by atoms with van der Waals surface area (Å²) in [5, 5.41) is 14.8. The normalized spacial score (nSPS) is 7.83. The van der Waals surface area contributed by atoms with E-state index in [1.54, 1.807) is 0 Å². The van der Waals surface area contributed by atoms with Gasteiger partial charge in [0.1, 0.15) is 0 Å². The summed E-state index contributed by atoms with van der Waals surface area (Å²) in [4.78, 5) is 29.8. The molecule has 0 atom stereocenters. The van der Waals surface area contributed by atoms with Crippen molar-refractivity contribution in [2.75, 3.05) is 0 Å². The summed E-state index contributed by atoms with van der Waals surface area (Å²) in [5.74, 6) is 0. The average Bonchev–Trinajstić information content (AvgIpc) is 1.45. The molecule has 0 rings (SSSR count). The molecule has 0 radical (unpaired) electrons. The van der Waals surface area contributed by atoms with Gasteiger partial charge in [-0.15, -0.1) is 0 Å². The molecule has 0 heterocycles. The van der Waals surface area contributed by atoms with Crippen molar-refractivity contribution in [3.05, 3.63) is 15.3 Å². The molecule has 0 saturated heterocycles. The SMILES string of the molecule is N.N.O=P(O)(O)O.O=S(=O)([O-])[O-].O=[N+]([O-])[O-].[K+].[Mg+2]. The van der Waals surface area contributed by atoms with E-state index in [4.69, 9.17) is 52.1 Å². The first-order valence-corrected chi connectivity index (χ1v) is 4.90. The average molecular weight is 354 g/mol. The standard InChI is InChI=1S/K.Mg.NO3.2H3N.H3O4P.H2O4S/c;;2-1(3)4;;;2*1-5(2,3)4/h;;;2*1H3;(H3,1,2,3,4);(H2,1,2,3,4)/q+1;+2;-1;;;;/p-2. The fourth-order valence-electron chi connectivity index (χ4n) is 0. The van der Waals surface area contributed by atoms with Crippen LogP contribution in [0, 0.1) is 15.3 Å². The van der Waals surface area contributed by atoms with Crippen LogP contribution in [-0.4, -0.2) is 60.3 Å². The van der Waals surface area contributed by atoms with E-state index in [2.05, 4.69) is 0 Å². The summed E-state index contributed by atoms with van der Waals surface area (Å²) in [6.45, 7) is 0. The number of nitrogens with zero attached hydrogens (tertiary/aromatic N) is 1. The zero-order valence-corrected chi connectivity index (χ0v) is 15.3. The molecule has 18 heteroatoms. The Labute approximate surface area is 160 Å². The van der Waals surface area contributed by atoms with Crippen molar-refractivity contribution in [3.63, 3.8) is 0 Å². The van der Waals surface area contributed by atoms with Gasteiger partial charge >= 0.3 is 82.3 Å². The molecular formula is H9KMgN3O11PS. The van der Waals surface area contributed by atoms with Gasteiger partial charge in [0.15, 0.2) is 0 Å². The van der Waals surface area contributed by atoms with Gasteiger partial charge in [0.2, 0.25) is 0 Å². The van der Waals surface area contributed by atoms with Crippen LogP contribution in [-0.2, 0) is 15.0 Å². The molecule has 18 heavy (non-hydrogen) atoms. The molecule has 0 saturated carbocycles. The van der Waals surface area contributed by atoms with Crippen LogP contribution in [0.4, 0.5) is 0 Å². The fraction of sp³-hybridized carbons (Fsp3) is 0. The molecule has 0 aliphatic carbocycles. The van der Waals surface area contributed by atoms with Crippen molar-refractivity contribution in [1.82, 2.24) is 12.3 Å². The number of rotatable bonds is 0. The quantitative estimate of drug-likeness (QED) is 0.0677. The Kier molecular flexibility index (Phi) is 49.4. The zero-order chi connectivity index (χ0) is 12.6. The van der Waals surface area contributed by atoms with Crippen LogP contribution >= 0.6 is 7.82 Å². The van der Waals surface area contributed by atoms with Crippen LogP contribution < -0.4 is 63.7 Å². The minimum atomic E-state index is -5.17. The molecule has 0 amide bonds. The van der Waals surface area contributed by atoms with Gasteiger partial charge in [0.25, 0.3) is 0 Å². The molecule has 0 aromatic carbocycles. The van der Waals surface area contributed by atoms with Gasteiger partial charge in [0.05, 0.1) is 5.09 Å². The van der Waals surface area contributed by atoms with Crippen LogP contribution in [0.25, 0.3) is 0 Å². The van der Waals surface area contributed by atoms with Crippen LogP contribution in [0.5, 0.6) is 0 Å². The van der Waals surface area contributed by atoms with E-state index in [0.29, 0.717) is 0 Å². The van der Waals surface area contributed by atoms with Gasteiger partial charge < -0.3 is 51.4 Å². The van der Waals surface area contributed by atoms with Crippen LogP contribution in [0.2, 0.25) is 0 Å². The van der Waals surface area contributed by atoms with Crippen LogP contribution in [0.1, 0.15) is 0 Å². The molecule has 0 aliphatic heterocycles. The number of hydrogen-bond donors (Lipinski definition) is 5. The van der Waals surface area contributed by atoms with Crippen molar-refractivity contribution < 1.29 is 93.2 Å². The van der Waals surface area contributed by atoms with Crippen LogP contribution in [0.15, 0.2) is 0 Å². The first-order chi connectivity index (χ1) is 5.73. The third-order valence-corrected chi connectivity index (χ3v) is 0. The topological polar surface area (TPSA) is 294 Å². The molecule has 104 valence electrons. The van der Waals surface area contributed by atoms with Gasteiger partial charge in [-0.3, -0.25) is 8.42 Å². The summed E-state index contributed by atoms with van der Waals surface area (Å²) in [7, 11) is -9.81. The molecule has 0 unspecified atom stereocenters. The Morgan fingerprint density at radius 2 is 1.00 bits per heavy atom. The molecule has 0 fully saturated rings. The second kappa shape index (κ2) is 20.8. The third-order valence-electron chi connectivity index (χ3n) is 0.